The number of hydrogen-bond acceptors (Lipinski definition) is 2. The number of phenols is 1. The zero-order valence-corrected chi connectivity index (χ0v) is 8.16. The highest BCUT2D eigenvalue weighted by molar-refractivity contribution is 5.64. The molecular formula is C11H14O2. The average Bonchev–Trinajstić information content (AvgIpc) is 2.12. The predicted octanol–water partition coefficient (Wildman–Crippen LogP) is 2.74. The Kier molecular flexibility index (Phi) is 2.96. The van der Waals surface area contributed by atoms with Crippen LogP contribution in [-0.4, -0.2) is 12.2 Å². The van der Waals surface area contributed by atoms with Crippen LogP contribution in [0.4, 0.5) is 0 Å². The Balaban J connectivity index is 3.29. The third-order valence-corrected chi connectivity index (χ3v) is 1.95. The van der Waals surface area contributed by atoms with Crippen molar-refractivity contribution in [1.82, 2.24) is 0 Å². The standard InChI is InChI=1S/C11H14O2/c1-4-5-9-8(2)6-7-10(13-3)11(9)12/h4-7,12H,1-3H3/b5-4+. The fraction of sp³-hybridized carbons (Fsp3) is 0.273. The summed E-state index contributed by atoms with van der Waals surface area (Å²) in [6.45, 7) is 3.87. The summed E-state index contributed by atoms with van der Waals surface area (Å²) in [5, 5.41) is 9.72. The number of allylic oxidation sites excluding steroid dienone is 1. The van der Waals surface area contributed by atoms with Crippen LogP contribution in [0.15, 0.2) is 18.2 Å². The normalized spacial score (nSPS) is 10.7. The summed E-state index contributed by atoms with van der Waals surface area (Å²) in [5.41, 5.74) is 1.86. The monoisotopic (exact) mass is 178 g/mol. The number of aromatic hydroxyl groups is 1. The van der Waals surface area contributed by atoms with Gasteiger partial charge in [-0.2, -0.15) is 0 Å². The third kappa shape index (κ3) is 1.83. The molecule has 0 spiro atoms. The van der Waals surface area contributed by atoms with Gasteiger partial charge in [0, 0.05) is 5.56 Å². The van der Waals surface area contributed by atoms with Gasteiger partial charge in [-0.25, -0.2) is 0 Å². The van der Waals surface area contributed by atoms with Gasteiger partial charge >= 0.3 is 0 Å². The summed E-state index contributed by atoms with van der Waals surface area (Å²) >= 11 is 0. The number of phenolic OH excluding ortho intramolecular Hbond substituents is 1. The molecular weight excluding hydrogens is 164 g/mol. The molecule has 0 radical (unpaired) electrons. The summed E-state index contributed by atoms with van der Waals surface area (Å²) in [4.78, 5) is 0. The lowest BCUT2D eigenvalue weighted by Crippen LogP contribution is -1.88. The van der Waals surface area contributed by atoms with Crippen LogP contribution in [0.1, 0.15) is 18.1 Å². The van der Waals surface area contributed by atoms with Gasteiger partial charge in [0.1, 0.15) is 0 Å². The van der Waals surface area contributed by atoms with Crippen molar-refractivity contribution in [1.29, 1.82) is 0 Å². The molecule has 0 amide bonds. The summed E-state index contributed by atoms with van der Waals surface area (Å²) < 4.78 is 5.00. The minimum absolute atomic E-state index is 0.209. The fourth-order valence-electron chi connectivity index (χ4n) is 1.23. The summed E-state index contributed by atoms with van der Waals surface area (Å²) in [6, 6.07) is 3.69. The van der Waals surface area contributed by atoms with Crippen molar-refractivity contribution >= 4 is 6.08 Å². The van der Waals surface area contributed by atoms with Gasteiger partial charge < -0.3 is 9.84 Å². The molecule has 0 saturated carbocycles. The Morgan fingerprint density at radius 1 is 1.38 bits per heavy atom. The van der Waals surface area contributed by atoms with Crippen LogP contribution in [0.5, 0.6) is 11.5 Å². The van der Waals surface area contributed by atoms with Gasteiger partial charge in [-0.3, -0.25) is 0 Å². The Labute approximate surface area is 78.5 Å². The minimum atomic E-state index is 0.209. The van der Waals surface area contributed by atoms with Gasteiger partial charge in [0.2, 0.25) is 0 Å². The first-order valence-electron chi connectivity index (χ1n) is 4.20. The largest absolute Gasteiger partial charge is 0.504 e. The van der Waals surface area contributed by atoms with Gasteiger partial charge in [-0.1, -0.05) is 18.2 Å². The van der Waals surface area contributed by atoms with Crippen LogP contribution < -0.4 is 4.74 Å². The van der Waals surface area contributed by atoms with Gasteiger partial charge in [0.25, 0.3) is 0 Å². The minimum Gasteiger partial charge on any atom is -0.504 e. The number of hydrogen-bond donors (Lipinski definition) is 1. The van der Waals surface area contributed by atoms with E-state index >= 15 is 0 Å². The molecule has 0 atom stereocenters. The van der Waals surface area contributed by atoms with Crippen molar-refractivity contribution in [3.63, 3.8) is 0 Å². The lowest BCUT2D eigenvalue weighted by atomic mass is 10.1. The van der Waals surface area contributed by atoms with Crippen LogP contribution >= 0.6 is 0 Å². The van der Waals surface area contributed by atoms with Gasteiger partial charge in [-0.15, -0.1) is 0 Å². The first-order valence-corrected chi connectivity index (χ1v) is 4.20. The molecule has 2 nitrogen and oxygen atoms in total. The highest BCUT2D eigenvalue weighted by Gasteiger charge is 2.07. The first-order chi connectivity index (χ1) is 6.20. The number of rotatable bonds is 2. The van der Waals surface area contributed by atoms with E-state index in [2.05, 4.69) is 0 Å². The fourth-order valence-corrected chi connectivity index (χ4v) is 1.23. The SMILES string of the molecule is C/C=C/c1c(C)ccc(OC)c1O. The lowest BCUT2D eigenvalue weighted by Gasteiger charge is -2.08. The number of methoxy groups -OCH3 is 1. The van der Waals surface area contributed by atoms with E-state index in [1.807, 2.05) is 32.1 Å². The van der Waals surface area contributed by atoms with Crippen molar-refractivity contribution in [3.05, 3.63) is 29.3 Å². The maximum absolute atomic E-state index is 9.72. The third-order valence-electron chi connectivity index (χ3n) is 1.95. The van der Waals surface area contributed by atoms with Crippen LogP contribution in [-0.2, 0) is 0 Å². The molecule has 1 aromatic carbocycles. The van der Waals surface area contributed by atoms with Crippen molar-refractivity contribution in [2.24, 2.45) is 0 Å². The molecule has 0 saturated heterocycles. The van der Waals surface area contributed by atoms with Gasteiger partial charge in [0.15, 0.2) is 11.5 Å². The average molecular weight is 178 g/mol. The van der Waals surface area contributed by atoms with E-state index < -0.39 is 0 Å². The zero-order chi connectivity index (χ0) is 9.84. The van der Waals surface area contributed by atoms with Gasteiger partial charge in [-0.05, 0) is 25.5 Å². The predicted molar refractivity (Wildman–Crippen MR) is 54.1 cm³/mol. The maximum Gasteiger partial charge on any atom is 0.165 e. The van der Waals surface area contributed by atoms with Crippen LogP contribution in [0.2, 0.25) is 0 Å². The number of ether oxygens (including phenoxy) is 1. The first kappa shape index (κ1) is 9.65. The molecule has 0 unspecified atom stereocenters. The highest BCUT2D eigenvalue weighted by Crippen LogP contribution is 2.32. The molecule has 70 valence electrons. The summed E-state index contributed by atoms with van der Waals surface area (Å²) in [7, 11) is 1.55. The second kappa shape index (κ2) is 3.99. The quantitative estimate of drug-likeness (QED) is 0.754. The highest BCUT2D eigenvalue weighted by atomic mass is 16.5. The number of aryl methyl sites for hydroxylation is 1. The lowest BCUT2D eigenvalue weighted by molar-refractivity contribution is 0.372. The van der Waals surface area contributed by atoms with E-state index in [0.29, 0.717) is 5.75 Å². The van der Waals surface area contributed by atoms with E-state index in [1.165, 1.54) is 0 Å². The van der Waals surface area contributed by atoms with E-state index in [4.69, 9.17) is 4.74 Å². The molecule has 0 aliphatic rings. The Morgan fingerprint density at radius 3 is 2.62 bits per heavy atom. The van der Waals surface area contributed by atoms with E-state index in [1.54, 1.807) is 13.2 Å². The molecule has 0 fully saturated rings. The Morgan fingerprint density at radius 2 is 2.08 bits per heavy atom. The molecule has 0 bridgehead atoms. The maximum atomic E-state index is 9.72. The van der Waals surface area contributed by atoms with Crippen molar-refractivity contribution in [2.45, 2.75) is 13.8 Å². The van der Waals surface area contributed by atoms with Gasteiger partial charge in [0.05, 0.1) is 7.11 Å². The molecule has 0 aliphatic carbocycles. The molecule has 1 aromatic rings. The van der Waals surface area contributed by atoms with Crippen LogP contribution in [0.3, 0.4) is 0 Å². The number of benzene rings is 1. The second-order valence-corrected chi connectivity index (χ2v) is 2.85. The second-order valence-electron chi connectivity index (χ2n) is 2.85. The summed E-state index contributed by atoms with van der Waals surface area (Å²) in [5.74, 6) is 0.722. The van der Waals surface area contributed by atoms with Crippen molar-refractivity contribution in [2.75, 3.05) is 7.11 Å². The molecule has 1 N–H and O–H groups in total. The van der Waals surface area contributed by atoms with Crippen molar-refractivity contribution < 1.29 is 9.84 Å². The molecule has 1 rings (SSSR count). The molecule has 13 heavy (non-hydrogen) atoms. The molecule has 0 aliphatic heterocycles. The van der Waals surface area contributed by atoms with Crippen LogP contribution in [0, 0.1) is 6.92 Å². The van der Waals surface area contributed by atoms with E-state index in [0.717, 1.165) is 11.1 Å². The molecule has 2 heteroatoms. The molecule has 0 aromatic heterocycles. The Bertz CT molecular complexity index is 327. The van der Waals surface area contributed by atoms with E-state index in [-0.39, 0.29) is 5.75 Å². The summed E-state index contributed by atoms with van der Waals surface area (Å²) in [6.07, 6.45) is 3.76. The van der Waals surface area contributed by atoms with Crippen molar-refractivity contribution in [3.8, 4) is 11.5 Å². The zero-order valence-electron chi connectivity index (χ0n) is 8.16. The topological polar surface area (TPSA) is 29.5 Å². The molecule has 0 heterocycles. The van der Waals surface area contributed by atoms with Crippen LogP contribution in [0.25, 0.3) is 6.08 Å². The Hall–Kier alpha value is -1.44. The van der Waals surface area contributed by atoms with E-state index in [9.17, 15) is 5.11 Å². The smallest absolute Gasteiger partial charge is 0.165 e.